The minimum Gasteiger partial charge on any atom is -0.506 e. The number of amides is 1. The molecule has 0 aliphatic rings. The van der Waals surface area contributed by atoms with Crippen LogP contribution in [-0.4, -0.2) is 43.7 Å². The van der Waals surface area contributed by atoms with E-state index >= 15 is 0 Å². The van der Waals surface area contributed by atoms with Crippen molar-refractivity contribution in [1.82, 2.24) is 10.6 Å². The highest BCUT2D eigenvalue weighted by Crippen LogP contribution is 2.29. The molecule has 3 rings (SSSR count). The lowest BCUT2D eigenvalue weighted by atomic mass is 9.93. The summed E-state index contributed by atoms with van der Waals surface area (Å²) in [5.74, 6) is 0.413. The summed E-state index contributed by atoms with van der Waals surface area (Å²) in [6.07, 6.45) is -0.0321. The number of carbonyl (C=O) groups is 1. The molecule has 0 saturated heterocycles. The number of aliphatic hydroxyl groups is 1. The monoisotopic (exact) mass is 555 g/mol. The molecular formula is C29H37N3O6S. The van der Waals surface area contributed by atoms with Crippen molar-refractivity contribution in [3.8, 4) is 11.5 Å². The number of benzene rings is 3. The molecule has 3 aromatic rings. The van der Waals surface area contributed by atoms with E-state index in [1.54, 1.807) is 7.11 Å². The lowest BCUT2D eigenvalue weighted by molar-refractivity contribution is -0.120. The van der Waals surface area contributed by atoms with Gasteiger partial charge < -0.3 is 25.6 Å². The SMILES string of the molecule is C.COc1ccc(CNC(=O)Cc2cccc(CC(C)(C)NC[C@H](O)c3ccc(O)c(N=S(=O)=O)c3)c2)cc1. The fraction of sp³-hybridized carbons (Fsp3) is 0.345. The van der Waals surface area contributed by atoms with Crippen LogP contribution in [0.5, 0.6) is 11.5 Å². The average Bonchev–Trinajstić information content (AvgIpc) is 2.87. The van der Waals surface area contributed by atoms with E-state index in [2.05, 4.69) is 15.0 Å². The highest BCUT2D eigenvalue weighted by molar-refractivity contribution is 7.61. The van der Waals surface area contributed by atoms with Crippen LogP contribution >= 0.6 is 0 Å². The number of hydrogen-bond acceptors (Lipinski definition) is 8. The summed E-state index contributed by atoms with van der Waals surface area (Å²) in [4.78, 5) is 12.5. The van der Waals surface area contributed by atoms with Gasteiger partial charge in [-0.05, 0) is 66.8 Å². The zero-order valence-electron chi connectivity index (χ0n) is 21.6. The van der Waals surface area contributed by atoms with Crippen molar-refractivity contribution in [2.45, 2.75) is 52.3 Å². The topological polar surface area (TPSA) is 137 Å². The van der Waals surface area contributed by atoms with E-state index in [-0.39, 0.29) is 37.7 Å². The highest BCUT2D eigenvalue weighted by atomic mass is 32.2. The maximum atomic E-state index is 12.5. The molecule has 4 N–H and O–H groups in total. The summed E-state index contributed by atoms with van der Waals surface area (Å²) in [5.41, 5.74) is 2.84. The van der Waals surface area contributed by atoms with Crippen molar-refractivity contribution in [2.75, 3.05) is 13.7 Å². The van der Waals surface area contributed by atoms with Gasteiger partial charge >= 0.3 is 10.5 Å². The second kappa shape index (κ2) is 14.4. The van der Waals surface area contributed by atoms with Crippen LogP contribution < -0.4 is 15.4 Å². The van der Waals surface area contributed by atoms with Crippen molar-refractivity contribution in [1.29, 1.82) is 0 Å². The second-order valence-electron chi connectivity index (χ2n) is 9.64. The van der Waals surface area contributed by atoms with E-state index in [0.29, 0.717) is 18.5 Å². The van der Waals surface area contributed by atoms with Crippen LogP contribution in [0, 0.1) is 0 Å². The highest BCUT2D eigenvalue weighted by Gasteiger charge is 2.21. The maximum absolute atomic E-state index is 12.5. The summed E-state index contributed by atoms with van der Waals surface area (Å²) >= 11 is 0. The molecule has 9 nitrogen and oxygen atoms in total. The lowest BCUT2D eigenvalue weighted by Gasteiger charge is -2.28. The Morgan fingerprint density at radius 2 is 1.72 bits per heavy atom. The minimum atomic E-state index is -2.72. The standard InChI is InChI=1S/C28H33N3O6S.CH4/c1-28(2,30-18-26(33)22-9-12-25(32)24(15-22)31-38(35)36)16-21-6-4-5-20(13-21)14-27(34)29-17-19-7-10-23(37-3)11-8-19;/h4-13,15,26,30,32-33H,14,16-18H2,1-3H3,(H,29,34);1H4/t26-;/m0./s1. The van der Waals surface area contributed by atoms with Gasteiger partial charge in [0.25, 0.3) is 0 Å². The molecule has 0 aliphatic carbocycles. The Kier molecular flexibility index (Phi) is 11.7. The third-order valence-corrected chi connectivity index (χ3v) is 6.33. The fourth-order valence-corrected chi connectivity index (χ4v) is 4.31. The molecule has 0 aromatic heterocycles. The zero-order valence-corrected chi connectivity index (χ0v) is 22.5. The molecule has 0 saturated carbocycles. The number of ether oxygens (including phenoxy) is 1. The predicted molar refractivity (Wildman–Crippen MR) is 152 cm³/mol. The number of nitrogens with zero attached hydrogens (tertiary/aromatic N) is 1. The van der Waals surface area contributed by atoms with Crippen LogP contribution in [-0.2, 0) is 34.7 Å². The Labute approximate surface area is 231 Å². The molecule has 0 heterocycles. The molecule has 0 bridgehead atoms. The summed E-state index contributed by atoms with van der Waals surface area (Å²) < 4.78 is 30.2. The van der Waals surface area contributed by atoms with E-state index in [1.807, 2.05) is 62.4 Å². The molecule has 0 spiro atoms. The molecular weight excluding hydrogens is 518 g/mol. The first-order chi connectivity index (χ1) is 18.0. The number of aliphatic hydroxyl groups excluding tert-OH is 1. The van der Waals surface area contributed by atoms with Crippen LogP contribution in [0.15, 0.2) is 71.1 Å². The van der Waals surface area contributed by atoms with Gasteiger partial charge in [-0.2, -0.15) is 8.42 Å². The number of β-amino-alcohol motifs (C(OH)–C–C–N with tert-alkyl or cyclic N) is 1. The van der Waals surface area contributed by atoms with E-state index in [1.165, 1.54) is 18.2 Å². The average molecular weight is 556 g/mol. The van der Waals surface area contributed by atoms with Gasteiger partial charge in [0.15, 0.2) is 0 Å². The summed E-state index contributed by atoms with van der Waals surface area (Å²) in [7, 11) is -1.11. The number of rotatable bonds is 12. The van der Waals surface area contributed by atoms with Crippen molar-refractivity contribution >= 4 is 22.1 Å². The smallest absolute Gasteiger partial charge is 0.316 e. The van der Waals surface area contributed by atoms with Crippen molar-refractivity contribution in [2.24, 2.45) is 4.36 Å². The van der Waals surface area contributed by atoms with Crippen LogP contribution in [0.2, 0.25) is 0 Å². The molecule has 0 unspecified atom stereocenters. The largest absolute Gasteiger partial charge is 0.506 e. The Morgan fingerprint density at radius 1 is 1.03 bits per heavy atom. The van der Waals surface area contributed by atoms with Crippen molar-refractivity contribution < 1.29 is 28.2 Å². The van der Waals surface area contributed by atoms with Crippen LogP contribution in [0.25, 0.3) is 0 Å². The molecule has 39 heavy (non-hydrogen) atoms. The molecule has 1 atom stereocenters. The van der Waals surface area contributed by atoms with Gasteiger partial charge in [-0.25, -0.2) is 0 Å². The molecule has 3 aromatic carbocycles. The number of hydrogen-bond donors (Lipinski definition) is 4. The van der Waals surface area contributed by atoms with Crippen molar-refractivity contribution in [3.63, 3.8) is 0 Å². The number of aromatic hydroxyl groups is 1. The summed E-state index contributed by atoms with van der Waals surface area (Å²) in [5, 5.41) is 26.7. The van der Waals surface area contributed by atoms with E-state index in [9.17, 15) is 23.4 Å². The number of phenolic OH excluding ortho intramolecular Hbond substituents is 1. The van der Waals surface area contributed by atoms with Gasteiger partial charge in [-0.3, -0.25) is 4.79 Å². The number of carbonyl (C=O) groups excluding carboxylic acids is 1. The Morgan fingerprint density at radius 3 is 2.38 bits per heavy atom. The molecule has 0 radical (unpaired) electrons. The van der Waals surface area contributed by atoms with E-state index < -0.39 is 22.1 Å². The van der Waals surface area contributed by atoms with E-state index in [0.717, 1.165) is 22.4 Å². The Balaban J connectivity index is 0.00000533. The molecule has 1 amide bonds. The van der Waals surface area contributed by atoms with Crippen LogP contribution in [0.1, 0.15) is 49.6 Å². The first-order valence-electron chi connectivity index (χ1n) is 12.1. The minimum absolute atomic E-state index is 0. The molecule has 10 heteroatoms. The van der Waals surface area contributed by atoms with Gasteiger partial charge in [0, 0.05) is 18.6 Å². The molecule has 0 aliphatic heterocycles. The first kappa shape index (κ1) is 31.5. The predicted octanol–water partition coefficient (Wildman–Crippen LogP) is 4.23. The third-order valence-electron chi connectivity index (χ3n) is 5.98. The number of methoxy groups -OCH3 is 1. The zero-order chi connectivity index (χ0) is 27.7. The third kappa shape index (κ3) is 10.2. The first-order valence-corrected chi connectivity index (χ1v) is 13.1. The van der Waals surface area contributed by atoms with Gasteiger partial charge in [-0.1, -0.05) is 49.9 Å². The van der Waals surface area contributed by atoms with Gasteiger partial charge in [0.05, 0.1) is 19.6 Å². The van der Waals surface area contributed by atoms with Crippen LogP contribution in [0.3, 0.4) is 0 Å². The Hall–Kier alpha value is -3.73. The summed E-state index contributed by atoms with van der Waals surface area (Å²) in [6, 6.07) is 19.5. The van der Waals surface area contributed by atoms with Crippen molar-refractivity contribution in [3.05, 3.63) is 89.0 Å². The lowest BCUT2D eigenvalue weighted by Crippen LogP contribution is -2.43. The number of nitrogens with one attached hydrogen (secondary N) is 2. The second-order valence-corrected chi connectivity index (χ2v) is 10.3. The number of phenols is 1. The molecule has 210 valence electrons. The fourth-order valence-electron chi connectivity index (χ4n) is 4.01. The van der Waals surface area contributed by atoms with Crippen LogP contribution in [0.4, 0.5) is 5.69 Å². The Bertz CT molecular complexity index is 1380. The van der Waals surface area contributed by atoms with Gasteiger partial charge in [0.2, 0.25) is 5.91 Å². The van der Waals surface area contributed by atoms with Gasteiger partial charge in [-0.15, -0.1) is 4.36 Å². The maximum Gasteiger partial charge on any atom is 0.316 e. The normalized spacial score (nSPS) is 11.7. The van der Waals surface area contributed by atoms with E-state index in [4.69, 9.17) is 4.74 Å². The quantitative estimate of drug-likeness (QED) is 0.262. The summed E-state index contributed by atoms with van der Waals surface area (Å²) in [6.45, 7) is 4.65. The molecule has 0 fully saturated rings. The van der Waals surface area contributed by atoms with Gasteiger partial charge in [0.1, 0.15) is 17.2 Å².